The van der Waals surface area contributed by atoms with E-state index in [4.69, 9.17) is 5.73 Å². The number of carbonyl (C=O) groups is 1. The molecule has 0 saturated heterocycles. The van der Waals surface area contributed by atoms with Crippen molar-refractivity contribution in [2.75, 3.05) is 6.54 Å². The van der Waals surface area contributed by atoms with Crippen molar-refractivity contribution in [3.8, 4) is 0 Å². The van der Waals surface area contributed by atoms with Gasteiger partial charge < -0.3 is 11.1 Å². The number of nitrogens with one attached hydrogen (secondary N) is 1. The summed E-state index contributed by atoms with van der Waals surface area (Å²) < 4.78 is 0. The summed E-state index contributed by atoms with van der Waals surface area (Å²) >= 11 is 1.69. The minimum Gasteiger partial charge on any atom is -0.352 e. The third-order valence-corrected chi connectivity index (χ3v) is 3.13. The van der Waals surface area contributed by atoms with Gasteiger partial charge in [-0.25, -0.2) is 4.79 Å². The fourth-order valence-corrected chi connectivity index (χ4v) is 1.91. The number of nitrogens with two attached hydrogens (primary N) is 1. The van der Waals surface area contributed by atoms with E-state index < -0.39 is 6.03 Å². The van der Waals surface area contributed by atoms with Crippen LogP contribution in [0.15, 0.2) is 17.5 Å². The van der Waals surface area contributed by atoms with Crippen molar-refractivity contribution < 1.29 is 4.79 Å². The highest BCUT2D eigenvalue weighted by Gasteiger charge is 2.21. The van der Waals surface area contributed by atoms with E-state index >= 15 is 0 Å². The van der Waals surface area contributed by atoms with Crippen molar-refractivity contribution in [3.63, 3.8) is 0 Å². The lowest BCUT2D eigenvalue weighted by Gasteiger charge is -2.22. The normalized spacial score (nSPS) is 11.2. The van der Waals surface area contributed by atoms with Crippen LogP contribution in [0.4, 0.5) is 4.79 Å². The molecule has 0 aliphatic carbocycles. The van der Waals surface area contributed by atoms with E-state index in [0.29, 0.717) is 6.54 Å². The second-order valence-corrected chi connectivity index (χ2v) is 4.53. The molecular formula is C9H14N2OS. The lowest BCUT2D eigenvalue weighted by molar-refractivity contribution is 0.246. The van der Waals surface area contributed by atoms with Gasteiger partial charge >= 0.3 is 6.03 Å². The largest absolute Gasteiger partial charge is 0.352 e. The van der Waals surface area contributed by atoms with Crippen LogP contribution in [-0.4, -0.2) is 12.6 Å². The first-order valence-corrected chi connectivity index (χ1v) is 4.97. The van der Waals surface area contributed by atoms with Gasteiger partial charge in [-0.3, -0.25) is 0 Å². The van der Waals surface area contributed by atoms with Gasteiger partial charge in [-0.1, -0.05) is 19.9 Å². The molecule has 0 aliphatic heterocycles. The fourth-order valence-electron chi connectivity index (χ4n) is 1.06. The minimum absolute atomic E-state index is 0.0385. The second-order valence-electron chi connectivity index (χ2n) is 3.58. The molecule has 0 unspecified atom stereocenters. The SMILES string of the molecule is CC(C)(CNC(N)=O)c1cccs1. The standard InChI is InChI=1S/C9H14N2OS/c1-9(2,6-11-8(10)12)7-4-3-5-13-7/h3-5H,6H2,1-2H3,(H3,10,11,12). The maximum absolute atomic E-state index is 10.5. The average Bonchev–Trinajstić information content (AvgIpc) is 2.53. The van der Waals surface area contributed by atoms with E-state index in [1.54, 1.807) is 11.3 Å². The van der Waals surface area contributed by atoms with Crippen molar-refractivity contribution >= 4 is 17.4 Å². The van der Waals surface area contributed by atoms with Gasteiger partial charge in [-0.15, -0.1) is 11.3 Å². The highest BCUT2D eigenvalue weighted by Crippen LogP contribution is 2.26. The Kier molecular flexibility index (Phi) is 2.93. The van der Waals surface area contributed by atoms with E-state index in [0.717, 1.165) is 0 Å². The lowest BCUT2D eigenvalue weighted by Crippen LogP contribution is -2.39. The number of carbonyl (C=O) groups excluding carboxylic acids is 1. The monoisotopic (exact) mass is 198 g/mol. The molecule has 0 atom stereocenters. The summed E-state index contributed by atoms with van der Waals surface area (Å²) in [6.45, 7) is 4.73. The quantitative estimate of drug-likeness (QED) is 0.763. The number of thiophene rings is 1. The molecule has 0 aromatic carbocycles. The molecule has 3 N–H and O–H groups in total. The van der Waals surface area contributed by atoms with Crippen molar-refractivity contribution in [1.82, 2.24) is 5.32 Å². The topological polar surface area (TPSA) is 55.1 Å². The van der Waals surface area contributed by atoms with Gasteiger partial charge in [0.15, 0.2) is 0 Å². The number of hydrogen-bond acceptors (Lipinski definition) is 2. The molecule has 1 aromatic rings. The zero-order valence-corrected chi connectivity index (χ0v) is 8.65. The molecule has 13 heavy (non-hydrogen) atoms. The Hall–Kier alpha value is -1.03. The molecule has 3 nitrogen and oxygen atoms in total. The number of primary amides is 1. The molecule has 72 valence electrons. The van der Waals surface area contributed by atoms with Crippen LogP contribution in [0, 0.1) is 0 Å². The predicted octanol–water partition coefficient (Wildman–Crippen LogP) is 1.69. The Balaban J connectivity index is 2.61. The lowest BCUT2D eigenvalue weighted by atomic mass is 9.91. The van der Waals surface area contributed by atoms with Gasteiger partial charge in [-0.05, 0) is 11.4 Å². The van der Waals surface area contributed by atoms with Crippen LogP contribution in [-0.2, 0) is 5.41 Å². The van der Waals surface area contributed by atoms with Gasteiger partial charge in [-0.2, -0.15) is 0 Å². The van der Waals surface area contributed by atoms with Gasteiger partial charge in [0.1, 0.15) is 0 Å². The molecule has 0 fully saturated rings. The summed E-state index contributed by atoms with van der Waals surface area (Å²) in [4.78, 5) is 11.8. The predicted molar refractivity (Wildman–Crippen MR) is 54.9 cm³/mol. The zero-order chi connectivity index (χ0) is 9.90. The highest BCUT2D eigenvalue weighted by atomic mass is 32.1. The van der Waals surface area contributed by atoms with Crippen LogP contribution in [0.2, 0.25) is 0 Å². The van der Waals surface area contributed by atoms with E-state index in [1.165, 1.54) is 4.88 Å². The molecule has 0 aliphatic rings. The van der Waals surface area contributed by atoms with Crippen molar-refractivity contribution in [1.29, 1.82) is 0 Å². The third kappa shape index (κ3) is 2.73. The maximum atomic E-state index is 10.5. The van der Waals surface area contributed by atoms with Gasteiger partial charge in [0, 0.05) is 16.8 Å². The molecule has 1 heterocycles. The second kappa shape index (κ2) is 3.79. The van der Waals surface area contributed by atoms with Crippen LogP contribution >= 0.6 is 11.3 Å². The van der Waals surface area contributed by atoms with Crippen molar-refractivity contribution in [3.05, 3.63) is 22.4 Å². The maximum Gasteiger partial charge on any atom is 0.312 e. The fraction of sp³-hybridized carbons (Fsp3) is 0.444. The first-order chi connectivity index (χ1) is 6.02. The van der Waals surface area contributed by atoms with Gasteiger partial charge in [0.25, 0.3) is 0 Å². The van der Waals surface area contributed by atoms with E-state index in [9.17, 15) is 4.79 Å². The van der Waals surface area contributed by atoms with Crippen LogP contribution in [0.25, 0.3) is 0 Å². The van der Waals surface area contributed by atoms with Gasteiger partial charge in [0.05, 0.1) is 0 Å². The van der Waals surface area contributed by atoms with Crippen LogP contribution < -0.4 is 11.1 Å². The average molecular weight is 198 g/mol. The van der Waals surface area contributed by atoms with Crippen LogP contribution in [0.1, 0.15) is 18.7 Å². The van der Waals surface area contributed by atoms with Crippen molar-refractivity contribution in [2.45, 2.75) is 19.3 Å². The zero-order valence-electron chi connectivity index (χ0n) is 7.83. The number of amides is 2. The minimum atomic E-state index is -0.468. The summed E-state index contributed by atoms with van der Waals surface area (Å²) in [5.41, 5.74) is 4.97. The van der Waals surface area contributed by atoms with Crippen LogP contribution in [0.3, 0.4) is 0 Å². The Labute approximate surface area is 81.9 Å². The molecular weight excluding hydrogens is 184 g/mol. The summed E-state index contributed by atoms with van der Waals surface area (Å²) in [6, 6.07) is 3.60. The van der Waals surface area contributed by atoms with Gasteiger partial charge in [0.2, 0.25) is 0 Å². The molecule has 4 heteroatoms. The first-order valence-electron chi connectivity index (χ1n) is 4.10. The molecule has 2 amide bonds. The smallest absolute Gasteiger partial charge is 0.312 e. The Bertz CT molecular complexity index is 280. The Morgan fingerprint density at radius 1 is 1.69 bits per heavy atom. The number of hydrogen-bond donors (Lipinski definition) is 2. The number of urea groups is 1. The Morgan fingerprint density at radius 2 is 2.38 bits per heavy atom. The number of rotatable bonds is 3. The summed E-state index contributed by atoms with van der Waals surface area (Å²) in [5, 5.41) is 4.65. The van der Waals surface area contributed by atoms with E-state index in [1.807, 2.05) is 11.4 Å². The third-order valence-electron chi connectivity index (χ3n) is 1.89. The molecule has 1 rings (SSSR count). The Morgan fingerprint density at radius 3 is 2.85 bits per heavy atom. The first kappa shape index (κ1) is 10.1. The molecule has 0 saturated carbocycles. The highest BCUT2D eigenvalue weighted by molar-refractivity contribution is 7.10. The summed E-state index contributed by atoms with van der Waals surface area (Å²) in [7, 11) is 0. The summed E-state index contributed by atoms with van der Waals surface area (Å²) in [5.74, 6) is 0. The van der Waals surface area contributed by atoms with Crippen LogP contribution in [0.5, 0.6) is 0 Å². The molecule has 0 spiro atoms. The summed E-state index contributed by atoms with van der Waals surface area (Å²) in [6.07, 6.45) is 0. The van der Waals surface area contributed by atoms with E-state index in [-0.39, 0.29) is 5.41 Å². The molecule has 0 bridgehead atoms. The van der Waals surface area contributed by atoms with Crippen molar-refractivity contribution in [2.24, 2.45) is 5.73 Å². The van der Waals surface area contributed by atoms with E-state index in [2.05, 4.69) is 25.2 Å². The molecule has 0 radical (unpaired) electrons. The molecule has 1 aromatic heterocycles.